The van der Waals surface area contributed by atoms with Crippen LogP contribution in [0.4, 0.5) is 11.4 Å². The molecule has 4 rings (SSSR count). The van der Waals surface area contributed by atoms with E-state index in [0.29, 0.717) is 32.6 Å². The van der Waals surface area contributed by atoms with E-state index in [2.05, 4.69) is 30.9 Å². The molecule has 0 aliphatic carbocycles. The van der Waals surface area contributed by atoms with Crippen molar-refractivity contribution < 1.29 is 9.59 Å². The van der Waals surface area contributed by atoms with Crippen LogP contribution in [0.1, 0.15) is 6.92 Å². The Kier molecular flexibility index (Phi) is 6.10. The van der Waals surface area contributed by atoms with Crippen molar-refractivity contribution in [1.82, 2.24) is 25.0 Å². The summed E-state index contributed by atoms with van der Waals surface area (Å²) in [7, 11) is 0. The molecule has 0 atom stereocenters. The summed E-state index contributed by atoms with van der Waals surface area (Å²) in [5.74, 6) is -0.294. The number of nitrogens with one attached hydrogen (secondary N) is 2. The highest BCUT2D eigenvalue weighted by atomic mass is 35.5. The maximum absolute atomic E-state index is 12.4. The third-order valence-electron chi connectivity index (χ3n) is 4.06. The van der Waals surface area contributed by atoms with E-state index < -0.39 is 0 Å². The summed E-state index contributed by atoms with van der Waals surface area (Å²) in [4.78, 5) is 32.1. The molecular formula is C20H16ClN7O2S. The first-order valence-electron chi connectivity index (χ1n) is 9.12. The van der Waals surface area contributed by atoms with Crippen LogP contribution in [0.3, 0.4) is 0 Å². The number of anilines is 2. The molecule has 11 heteroatoms. The van der Waals surface area contributed by atoms with Gasteiger partial charge >= 0.3 is 0 Å². The number of hydrogen-bond donors (Lipinski definition) is 2. The zero-order chi connectivity index (χ0) is 21.8. The van der Waals surface area contributed by atoms with Crippen LogP contribution in [0.15, 0.2) is 59.9 Å². The van der Waals surface area contributed by atoms with Gasteiger partial charge in [-0.15, -0.1) is 5.10 Å². The largest absolute Gasteiger partial charge is 0.326 e. The third-order valence-corrected chi connectivity index (χ3v) is 5.28. The monoisotopic (exact) mass is 453 g/mol. The molecule has 2 aromatic carbocycles. The van der Waals surface area contributed by atoms with E-state index in [-0.39, 0.29) is 17.6 Å². The molecule has 0 radical (unpaired) electrons. The van der Waals surface area contributed by atoms with Crippen molar-refractivity contribution in [2.75, 3.05) is 16.4 Å². The average molecular weight is 454 g/mol. The number of benzene rings is 2. The summed E-state index contributed by atoms with van der Waals surface area (Å²) in [6, 6.07) is 14.1. The van der Waals surface area contributed by atoms with Gasteiger partial charge in [-0.2, -0.15) is 4.68 Å². The Bertz CT molecular complexity index is 1280. The van der Waals surface area contributed by atoms with Crippen molar-refractivity contribution in [3.05, 3.63) is 59.9 Å². The predicted octanol–water partition coefficient (Wildman–Crippen LogP) is 3.55. The fourth-order valence-electron chi connectivity index (χ4n) is 2.82. The zero-order valence-corrected chi connectivity index (χ0v) is 17.8. The lowest BCUT2D eigenvalue weighted by atomic mass is 10.2. The number of thioether (sulfide) groups is 1. The first-order chi connectivity index (χ1) is 15.0. The number of hydrogen-bond acceptors (Lipinski definition) is 7. The number of aromatic nitrogens is 5. The Morgan fingerprint density at radius 2 is 1.84 bits per heavy atom. The quantitative estimate of drug-likeness (QED) is 0.339. The van der Waals surface area contributed by atoms with Crippen molar-refractivity contribution in [2.45, 2.75) is 11.9 Å². The molecule has 0 saturated carbocycles. The van der Waals surface area contributed by atoms with Gasteiger partial charge in [0.1, 0.15) is 11.4 Å². The van der Waals surface area contributed by atoms with Crippen molar-refractivity contribution in [2.24, 2.45) is 0 Å². The second-order valence-electron chi connectivity index (χ2n) is 6.43. The van der Waals surface area contributed by atoms with E-state index in [1.54, 1.807) is 41.1 Å². The van der Waals surface area contributed by atoms with Gasteiger partial charge in [0.2, 0.25) is 11.8 Å². The number of rotatable bonds is 6. The van der Waals surface area contributed by atoms with Crippen molar-refractivity contribution >= 4 is 57.7 Å². The number of fused-ring (bicyclic) bond motifs is 1. The van der Waals surface area contributed by atoms with Gasteiger partial charge in [-0.25, -0.2) is 9.97 Å². The van der Waals surface area contributed by atoms with E-state index in [1.807, 2.05) is 12.1 Å². The van der Waals surface area contributed by atoms with Gasteiger partial charge < -0.3 is 10.6 Å². The van der Waals surface area contributed by atoms with E-state index >= 15 is 0 Å². The number of nitrogens with zero attached hydrogens (tertiary/aromatic N) is 5. The Hall–Kier alpha value is -3.50. The summed E-state index contributed by atoms with van der Waals surface area (Å²) in [6.07, 6.45) is 1.41. The standard InChI is InChI=1S/C20H16ClN7O2S/c1-12(29)24-14-5-3-6-15(9-14)25-17(30)10-31-20-18-19(22-11-23-20)28(27-26-18)16-7-2-4-13(21)8-16/h2-9,11H,10H2,1H3,(H,24,29)(H,25,30). The highest BCUT2D eigenvalue weighted by molar-refractivity contribution is 8.00. The smallest absolute Gasteiger partial charge is 0.234 e. The molecule has 2 aromatic heterocycles. The van der Waals surface area contributed by atoms with E-state index in [0.717, 1.165) is 5.69 Å². The number of carbonyl (C=O) groups excluding carboxylic acids is 2. The maximum atomic E-state index is 12.4. The highest BCUT2D eigenvalue weighted by Gasteiger charge is 2.15. The highest BCUT2D eigenvalue weighted by Crippen LogP contribution is 2.25. The first kappa shape index (κ1) is 20.8. The lowest BCUT2D eigenvalue weighted by molar-refractivity contribution is -0.114. The molecule has 0 aliphatic heterocycles. The minimum Gasteiger partial charge on any atom is -0.326 e. The second kappa shape index (κ2) is 9.11. The van der Waals surface area contributed by atoms with Crippen LogP contribution >= 0.6 is 23.4 Å². The topological polar surface area (TPSA) is 115 Å². The molecular weight excluding hydrogens is 438 g/mol. The van der Waals surface area contributed by atoms with Crippen LogP contribution in [0, 0.1) is 0 Å². The van der Waals surface area contributed by atoms with Crippen LogP contribution < -0.4 is 10.6 Å². The normalized spacial score (nSPS) is 10.8. The van der Waals surface area contributed by atoms with Gasteiger partial charge in [0.05, 0.1) is 11.4 Å². The van der Waals surface area contributed by atoms with Crippen LogP contribution in [-0.2, 0) is 9.59 Å². The van der Waals surface area contributed by atoms with E-state index in [1.165, 1.54) is 25.0 Å². The summed E-state index contributed by atoms with van der Waals surface area (Å²) < 4.78 is 1.57. The molecule has 0 bridgehead atoms. The van der Waals surface area contributed by atoms with E-state index in [9.17, 15) is 9.59 Å². The van der Waals surface area contributed by atoms with Gasteiger partial charge in [0.15, 0.2) is 11.2 Å². The molecule has 0 spiro atoms. The second-order valence-corrected chi connectivity index (χ2v) is 7.83. The van der Waals surface area contributed by atoms with Crippen molar-refractivity contribution in [1.29, 1.82) is 0 Å². The first-order valence-corrected chi connectivity index (χ1v) is 10.5. The van der Waals surface area contributed by atoms with Crippen molar-refractivity contribution in [3.8, 4) is 5.69 Å². The van der Waals surface area contributed by atoms with Crippen LogP contribution in [0.2, 0.25) is 5.02 Å². The average Bonchev–Trinajstić information content (AvgIpc) is 3.17. The lowest BCUT2D eigenvalue weighted by Gasteiger charge is -2.08. The fraction of sp³-hybridized carbons (Fsp3) is 0.100. The van der Waals surface area contributed by atoms with Crippen molar-refractivity contribution in [3.63, 3.8) is 0 Å². The summed E-state index contributed by atoms with van der Waals surface area (Å²) in [5.41, 5.74) is 2.92. The number of carbonyl (C=O) groups is 2. The Balaban J connectivity index is 1.47. The summed E-state index contributed by atoms with van der Waals surface area (Å²) in [5, 5.41) is 14.9. The Morgan fingerprint density at radius 1 is 1.06 bits per heavy atom. The van der Waals surface area contributed by atoms with Crippen LogP contribution in [0.25, 0.3) is 16.9 Å². The summed E-state index contributed by atoms with van der Waals surface area (Å²) in [6.45, 7) is 1.42. The third kappa shape index (κ3) is 4.98. The molecule has 0 unspecified atom stereocenters. The Labute approximate surface area is 186 Å². The predicted molar refractivity (Wildman–Crippen MR) is 120 cm³/mol. The molecule has 31 heavy (non-hydrogen) atoms. The number of amides is 2. The SMILES string of the molecule is CC(=O)Nc1cccc(NC(=O)CSc2ncnc3c2nnn3-c2cccc(Cl)c2)c1. The van der Waals surface area contributed by atoms with Gasteiger partial charge in [-0.3, -0.25) is 9.59 Å². The lowest BCUT2D eigenvalue weighted by Crippen LogP contribution is -2.14. The minimum absolute atomic E-state index is 0.112. The molecule has 2 heterocycles. The number of halogens is 1. The molecule has 0 saturated heterocycles. The molecule has 4 aromatic rings. The fourth-order valence-corrected chi connectivity index (χ4v) is 3.74. The van der Waals surface area contributed by atoms with Crippen LogP contribution in [0.5, 0.6) is 0 Å². The Morgan fingerprint density at radius 3 is 2.61 bits per heavy atom. The van der Waals surface area contributed by atoms with Gasteiger partial charge in [-0.05, 0) is 36.4 Å². The molecule has 156 valence electrons. The minimum atomic E-state index is -0.223. The van der Waals surface area contributed by atoms with Gasteiger partial charge in [-0.1, -0.05) is 40.7 Å². The molecule has 2 amide bonds. The molecule has 0 aliphatic rings. The molecule has 0 fully saturated rings. The van der Waals surface area contributed by atoms with Gasteiger partial charge in [0.25, 0.3) is 0 Å². The van der Waals surface area contributed by atoms with Gasteiger partial charge in [0, 0.05) is 23.3 Å². The zero-order valence-electron chi connectivity index (χ0n) is 16.2. The van der Waals surface area contributed by atoms with Crippen LogP contribution in [-0.4, -0.2) is 42.5 Å². The molecule has 9 nitrogen and oxygen atoms in total. The van der Waals surface area contributed by atoms with E-state index in [4.69, 9.17) is 11.6 Å². The molecule has 2 N–H and O–H groups in total. The maximum Gasteiger partial charge on any atom is 0.234 e. The summed E-state index contributed by atoms with van der Waals surface area (Å²) >= 11 is 7.30.